The minimum Gasteiger partial charge on any atom is -0.481 e. The topological polar surface area (TPSA) is 43.8 Å². The molecule has 1 saturated heterocycles. The molecule has 0 spiro atoms. The molecule has 0 aromatic carbocycles. The van der Waals surface area contributed by atoms with Gasteiger partial charge in [0.05, 0.1) is 5.92 Å². The van der Waals surface area contributed by atoms with Crippen LogP contribution in [0.2, 0.25) is 0 Å². The Labute approximate surface area is 111 Å². The van der Waals surface area contributed by atoms with Gasteiger partial charge in [0, 0.05) is 19.6 Å². The molecule has 1 fully saturated rings. The van der Waals surface area contributed by atoms with Gasteiger partial charge in [-0.1, -0.05) is 20.8 Å². The third-order valence-electron chi connectivity index (χ3n) is 3.66. The average molecular weight is 256 g/mol. The molecule has 4 heteroatoms. The Kier molecular flexibility index (Phi) is 6.65. The van der Waals surface area contributed by atoms with E-state index in [1.807, 2.05) is 0 Å². The molecule has 0 aromatic heterocycles. The van der Waals surface area contributed by atoms with Gasteiger partial charge >= 0.3 is 5.97 Å². The van der Waals surface area contributed by atoms with Crippen molar-refractivity contribution in [3.05, 3.63) is 0 Å². The van der Waals surface area contributed by atoms with Crippen LogP contribution in [0.3, 0.4) is 0 Å². The van der Waals surface area contributed by atoms with Gasteiger partial charge in [0.1, 0.15) is 0 Å². The largest absolute Gasteiger partial charge is 0.481 e. The van der Waals surface area contributed by atoms with Gasteiger partial charge in [0.25, 0.3) is 0 Å². The summed E-state index contributed by atoms with van der Waals surface area (Å²) in [7, 11) is 0. The van der Waals surface area contributed by atoms with Crippen molar-refractivity contribution in [2.24, 2.45) is 11.8 Å². The summed E-state index contributed by atoms with van der Waals surface area (Å²) >= 11 is 0. The molecule has 4 nitrogen and oxygen atoms in total. The lowest BCUT2D eigenvalue weighted by atomic mass is 10.1. The molecule has 0 aliphatic carbocycles. The van der Waals surface area contributed by atoms with Crippen molar-refractivity contribution in [3.8, 4) is 0 Å². The number of rotatable bonds is 6. The van der Waals surface area contributed by atoms with Crippen LogP contribution in [0.5, 0.6) is 0 Å². The van der Waals surface area contributed by atoms with Crippen LogP contribution in [0, 0.1) is 11.8 Å². The number of nitrogens with zero attached hydrogens (tertiary/aromatic N) is 2. The summed E-state index contributed by atoms with van der Waals surface area (Å²) in [4.78, 5) is 15.7. The minimum absolute atomic E-state index is 0.257. The number of aliphatic carboxylic acids is 1. The lowest BCUT2D eigenvalue weighted by Gasteiger charge is -2.23. The van der Waals surface area contributed by atoms with Gasteiger partial charge in [0.15, 0.2) is 0 Å². The average Bonchev–Trinajstić information content (AvgIpc) is 2.51. The summed E-state index contributed by atoms with van der Waals surface area (Å²) < 4.78 is 0. The molecule has 106 valence electrons. The Balaban J connectivity index is 2.30. The van der Waals surface area contributed by atoms with Crippen LogP contribution in [0.15, 0.2) is 0 Å². The van der Waals surface area contributed by atoms with Crippen molar-refractivity contribution in [3.63, 3.8) is 0 Å². The lowest BCUT2D eigenvalue weighted by Crippen LogP contribution is -2.35. The second-order valence-corrected chi connectivity index (χ2v) is 5.92. The maximum absolute atomic E-state index is 10.9. The van der Waals surface area contributed by atoms with Crippen molar-refractivity contribution in [1.82, 2.24) is 9.80 Å². The Bertz CT molecular complexity index is 256. The first-order valence-corrected chi connectivity index (χ1v) is 7.16. The van der Waals surface area contributed by atoms with Crippen molar-refractivity contribution in [2.75, 3.05) is 39.3 Å². The predicted molar refractivity (Wildman–Crippen MR) is 73.8 cm³/mol. The molecule has 1 unspecified atom stereocenters. The maximum atomic E-state index is 10.9. The summed E-state index contributed by atoms with van der Waals surface area (Å²) in [6.45, 7) is 12.5. The molecule has 0 amide bonds. The SMILES string of the molecule is CC(C)CCN1CCCN(CC(C)C(=O)O)CC1. The zero-order chi connectivity index (χ0) is 13.5. The van der Waals surface area contributed by atoms with E-state index in [1.54, 1.807) is 6.92 Å². The fourth-order valence-electron chi connectivity index (χ4n) is 2.34. The molecule has 18 heavy (non-hydrogen) atoms. The van der Waals surface area contributed by atoms with E-state index in [1.165, 1.54) is 13.0 Å². The molecule has 0 aromatic rings. The number of hydrogen-bond acceptors (Lipinski definition) is 3. The molecule has 0 radical (unpaired) electrons. The standard InChI is InChI=1S/C14H28N2O2/c1-12(2)5-8-15-6-4-7-16(10-9-15)11-13(3)14(17)18/h12-13H,4-11H2,1-3H3,(H,17,18). The number of carboxylic acids is 1. The first kappa shape index (κ1) is 15.4. The third-order valence-corrected chi connectivity index (χ3v) is 3.66. The summed E-state index contributed by atoms with van der Waals surface area (Å²) in [6.07, 6.45) is 2.41. The molecule has 1 N–H and O–H groups in total. The van der Waals surface area contributed by atoms with E-state index >= 15 is 0 Å². The van der Waals surface area contributed by atoms with Gasteiger partial charge in [-0.2, -0.15) is 0 Å². The number of carbonyl (C=O) groups is 1. The maximum Gasteiger partial charge on any atom is 0.307 e. The second kappa shape index (κ2) is 7.74. The van der Waals surface area contributed by atoms with Crippen molar-refractivity contribution in [2.45, 2.75) is 33.6 Å². The first-order valence-electron chi connectivity index (χ1n) is 7.16. The number of carboxylic acid groups (broad SMARTS) is 1. The number of hydrogen-bond donors (Lipinski definition) is 1. The van der Waals surface area contributed by atoms with Crippen LogP contribution < -0.4 is 0 Å². The van der Waals surface area contributed by atoms with Crippen LogP contribution in [0.25, 0.3) is 0 Å². The molecule has 0 bridgehead atoms. The molecule has 0 saturated carbocycles. The minimum atomic E-state index is -0.684. The first-order chi connectivity index (χ1) is 8.49. The smallest absolute Gasteiger partial charge is 0.307 e. The van der Waals surface area contributed by atoms with Crippen LogP contribution in [0.4, 0.5) is 0 Å². The van der Waals surface area contributed by atoms with E-state index in [0.29, 0.717) is 6.54 Å². The summed E-state index contributed by atoms with van der Waals surface area (Å²) in [5.41, 5.74) is 0. The van der Waals surface area contributed by atoms with Crippen LogP contribution in [-0.2, 0) is 4.79 Å². The fourth-order valence-corrected chi connectivity index (χ4v) is 2.34. The Morgan fingerprint density at radius 1 is 1.11 bits per heavy atom. The fraction of sp³-hybridized carbons (Fsp3) is 0.929. The lowest BCUT2D eigenvalue weighted by molar-refractivity contribution is -0.141. The van der Waals surface area contributed by atoms with E-state index in [9.17, 15) is 4.79 Å². The van der Waals surface area contributed by atoms with Crippen LogP contribution in [-0.4, -0.2) is 60.1 Å². The van der Waals surface area contributed by atoms with Gasteiger partial charge < -0.3 is 14.9 Å². The Hall–Kier alpha value is -0.610. The zero-order valence-corrected chi connectivity index (χ0v) is 12.1. The highest BCUT2D eigenvalue weighted by molar-refractivity contribution is 5.69. The Morgan fingerprint density at radius 3 is 2.33 bits per heavy atom. The van der Waals surface area contributed by atoms with Crippen molar-refractivity contribution in [1.29, 1.82) is 0 Å². The van der Waals surface area contributed by atoms with Crippen molar-refractivity contribution >= 4 is 5.97 Å². The van der Waals surface area contributed by atoms with Gasteiger partial charge in [-0.15, -0.1) is 0 Å². The quantitative estimate of drug-likeness (QED) is 0.786. The highest BCUT2D eigenvalue weighted by Gasteiger charge is 2.19. The highest BCUT2D eigenvalue weighted by Crippen LogP contribution is 2.09. The second-order valence-electron chi connectivity index (χ2n) is 5.92. The van der Waals surface area contributed by atoms with Crippen LogP contribution in [0.1, 0.15) is 33.6 Å². The molecular formula is C14H28N2O2. The summed E-state index contributed by atoms with van der Waals surface area (Å²) in [5, 5.41) is 8.94. The Morgan fingerprint density at radius 2 is 1.72 bits per heavy atom. The predicted octanol–water partition coefficient (Wildman–Crippen LogP) is 1.76. The molecule has 1 atom stereocenters. The molecule has 1 aliphatic heterocycles. The van der Waals surface area contributed by atoms with E-state index < -0.39 is 5.97 Å². The van der Waals surface area contributed by atoms with Gasteiger partial charge in [-0.3, -0.25) is 4.79 Å². The molecule has 1 rings (SSSR count). The van der Waals surface area contributed by atoms with E-state index in [0.717, 1.165) is 38.5 Å². The highest BCUT2D eigenvalue weighted by atomic mass is 16.4. The monoisotopic (exact) mass is 256 g/mol. The molecule has 1 aliphatic rings. The van der Waals surface area contributed by atoms with E-state index in [2.05, 4.69) is 23.6 Å². The van der Waals surface area contributed by atoms with E-state index in [4.69, 9.17) is 5.11 Å². The van der Waals surface area contributed by atoms with Gasteiger partial charge in [-0.25, -0.2) is 0 Å². The molecular weight excluding hydrogens is 228 g/mol. The zero-order valence-electron chi connectivity index (χ0n) is 12.1. The van der Waals surface area contributed by atoms with E-state index in [-0.39, 0.29) is 5.92 Å². The van der Waals surface area contributed by atoms with Crippen LogP contribution >= 0.6 is 0 Å². The third kappa shape index (κ3) is 5.83. The van der Waals surface area contributed by atoms with Gasteiger partial charge in [0.2, 0.25) is 0 Å². The van der Waals surface area contributed by atoms with Crippen molar-refractivity contribution < 1.29 is 9.90 Å². The normalized spacial score (nSPS) is 20.9. The van der Waals surface area contributed by atoms with Gasteiger partial charge in [-0.05, 0) is 38.4 Å². The molecule has 1 heterocycles. The summed E-state index contributed by atoms with van der Waals surface area (Å²) in [6, 6.07) is 0. The summed E-state index contributed by atoms with van der Waals surface area (Å²) in [5.74, 6) is -0.181.